The summed E-state index contributed by atoms with van der Waals surface area (Å²) in [6.45, 7) is 7.71. The van der Waals surface area contributed by atoms with Crippen molar-refractivity contribution in [1.82, 2.24) is 15.0 Å². The van der Waals surface area contributed by atoms with Gasteiger partial charge >= 0.3 is 5.97 Å². The summed E-state index contributed by atoms with van der Waals surface area (Å²) in [4.78, 5) is 53.6. The highest BCUT2D eigenvalue weighted by Crippen LogP contribution is 2.60. The maximum atomic E-state index is 14.8. The summed E-state index contributed by atoms with van der Waals surface area (Å²) in [6, 6.07) is 12.8. The number of rotatable bonds is 11. The molecule has 0 bridgehead atoms. The topological polar surface area (TPSA) is 157 Å². The van der Waals surface area contributed by atoms with E-state index < -0.39 is 32.2 Å². The number of fused-ring (bicyclic) bond motifs is 2. The van der Waals surface area contributed by atoms with Crippen LogP contribution in [0.3, 0.4) is 0 Å². The molecular formula is C33H41N5O8Si. The fraction of sp³-hybridized carbons (Fsp3) is 0.485. The van der Waals surface area contributed by atoms with Crippen molar-refractivity contribution >= 4 is 37.5 Å². The molecule has 0 saturated carbocycles. The van der Waals surface area contributed by atoms with Gasteiger partial charge in [0.25, 0.3) is 5.91 Å². The third-order valence-corrected chi connectivity index (χ3v) is 12.0. The van der Waals surface area contributed by atoms with Crippen LogP contribution in [0.15, 0.2) is 48.7 Å². The molecule has 13 nitrogen and oxygen atoms in total. The Labute approximate surface area is 274 Å². The van der Waals surface area contributed by atoms with Crippen LogP contribution in [-0.2, 0) is 49.0 Å². The lowest BCUT2D eigenvalue weighted by Crippen LogP contribution is -2.54. The van der Waals surface area contributed by atoms with Crippen LogP contribution in [-0.4, -0.2) is 77.0 Å². The van der Waals surface area contributed by atoms with Gasteiger partial charge < -0.3 is 29.0 Å². The molecule has 2 fully saturated rings. The summed E-state index contributed by atoms with van der Waals surface area (Å²) in [6.07, 6.45) is 1.72. The number of aliphatic hydroxyl groups is 1. The highest BCUT2D eigenvalue weighted by Gasteiger charge is 2.66. The van der Waals surface area contributed by atoms with Gasteiger partial charge in [-0.1, -0.05) is 24.3 Å². The number of esters is 1. The van der Waals surface area contributed by atoms with Crippen molar-refractivity contribution in [3.8, 4) is 5.75 Å². The molecule has 250 valence electrons. The Morgan fingerprint density at radius 3 is 2.66 bits per heavy atom. The molecule has 3 aliphatic rings. The SMILES string of the molecule is COc1ccc2c(c1)[C@]1(O[C@@H](CCn3cc(CCO)nn3)[C@H]([Si](C)(C)O)[C@H]1C)C(=O)N2Cc1cccc(N2C(=O)CC2OC(C)=O)c1. The van der Waals surface area contributed by atoms with Crippen LogP contribution in [0, 0.1) is 5.92 Å². The van der Waals surface area contributed by atoms with E-state index >= 15 is 0 Å². The van der Waals surface area contributed by atoms with Gasteiger partial charge in [0.15, 0.2) is 20.1 Å². The molecule has 0 radical (unpaired) electrons. The summed E-state index contributed by atoms with van der Waals surface area (Å²) in [5.74, 6) is -0.625. The van der Waals surface area contributed by atoms with Gasteiger partial charge in [-0.3, -0.25) is 24.0 Å². The Morgan fingerprint density at radius 1 is 1.19 bits per heavy atom. The molecule has 1 unspecified atom stereocenters. The zero-order valence-electron chi connectivity index (χ0n) is 27.3. The number of benzene rings is 2. The quantitative estimate of drug-likeness (QED) is 0.178. The minimum atomic E-state index is -2.88. The highest BCUT2D eigenvalue weighted by molar-refractivity contribution is 6.71. The molecule has 2 N–H and O–H groups in total. The molecule has 3 aliphatic heterocycles. The number of ether oxygens (including phenoxy) is 3. The summed E-state index contributed by atoms with van der Waals surface area (Å²) >= 11 is 0. The molecule has 1 spiro atoms. The largest absolute Gasteiger partial charge is 0.497 e. The number of β-lactam (4-membered cyclic amide) rings is 1. The van der Waals surface area contributed by atoms with E-state index in [1.807, 2.05) is 56.4 Å². The predicted molar refractivity (Wildman–Crippen MR) is 173 cm³/mol. The van der Waals surface area contributed by atoms with E-state index in [9.17, 15) is 24.3 Å². The van der Waals surface area contributed by atoms with Gasteiger partial charge in [-0.25, -0.2) is 0 Å². The number of aliphatic hydroxyl groups excluding tert-OH is 1. The van der Waals surface area contributed by atoms with E-state index in [1.165, 1.54) is 11.8 Å². The molecule has 2 amide bonds. The lowest BCUT2D eigenvalue weighted by Gasteiger charge is -2.39. The molecule has 4 heterocycles. The van der Waals surface area contributed by atoms with Crippen LogP contribution in [0.2, 0.25) is 18.6 Å². The van der Waals surface area contributed by atoms with Gasteiger partial charge in [0.1, 0.15) is 5.75 Å². The molecule has 2 aromatic carbocycles. The minimum absolute atomic E-state index is 0.0200. The van der Waals surface area contributed by atoms with E-state index in [-0.39, 0.29) is 42.8 Å². The number of carbonyl (C=O) groups excluding carboxylic acids is 3. The Bertz CT molecular complexity index is 1690. The second kappa shape index (κ2) is 12.5. The molecule has 5 atom stereocenters. The van der Waals surface area contributed by atoms with Crippen LogP contribution in [0.1, 0.15) is 43.5 Å². The van der Waals surface area contributed by atoms with Crippen molar-refractivity contribution < 1.29 is 38.5 Å². The summed E-state index contributed by atoms with van der Waals surface area (Å²) in [5, 5.41) is 17.6. The van der Waals surface area contributed by atoms with Gasteiger partial charge in [0.2, 0.25) is 5.91 Å². The normalized spacial score (nSPS) is 25.3. The molecule has 6 rings (SSSR count). The number of nitrogens with zero attached hydrogens (tertiary/aromatic N) is 5. The molecule has 3 aromatic rings. The Kier molecular flexibility index (Phi) is 8.72. The van der Waals surface area contributed by atoms with Gasteiger partial charge in [0, 0.05) is 55.4 Å². The minimum Gasteiger partial charge on any atom is -0.497 e. The number of aromatic nitrogens is 3. The zero-order valence-corrected chi connectivity index (χ0v) is 28.3. The van der Waals surface area contributed by atoms with Crippen molar-refractivity contribution in [3.05, 3.63) is 65.5 Å². The second-order valence-electron chi connectivity index (χ2n) is 13.1. The second-order valence-corrected chi connectivity index (χ2v) is 17.0. The van der Waals surface area contributed by atoms with E-state index in [0.717, 1.165) is 5.56 Å². The van der Waals surface area contributed by atoms with Crippen LogP contribution in [0.4, 0.5) is 11.4 Å². The Morgan fingerprint density at radius 2 is 1.98 bits per heavy atom. The fourth-order valence-electron chi connectivity index (χ4n) is 7.52. The lowest BCUT2D eigenvalue weighted by molar-refractivity contribution is -0.154. The molecule has 1 aromatic heterocycles. The number of amides is 2. The Balaban J connectivity index is 1.33. The van der Waals surface area contributed by atoms with Gasteiger partial charge in [-0.05, 0) is 55.4 Å². The highest BCUT2D eigenvalue weighted by atomic mass is 28.4. The van der Waals surface area contributed by atoms with E-state index in [2.05, 4.69) is 10.3 Å². The number of aryl methyl sites for hydroxylation is 1. The molecule has 2 saturated heterocycles. The van der Waals surface area contributed by atoms with Crippen molar-refractivity contribution in [3.63, 3.8) is 0 Å². The monoisotopic (exact) mass is 663 g/mol. The number of methoxy groups -OCH3 is 1. The fourth-order valence-corrected chi connectivity index (χ4v) is 10.1. The first-order valence-electron chi connectivity index (χ1n) is 15.9. The number of anilines is 2. The van der Waals surface area contributed by atoms with Crippen LogP contribution < -0.4 is 14.5 Å². The molecule has 14 heteroatoms. The summed E-state index contributed by atoms with van der Waals surface area (Å²) in [5.41, 5.74) is 1.78. The smallest absolute Gasteiger partial charge is 0.304 e. The maximum absolute atomic E-state index is 14.8. The van der Waals surface area contributed by atoms with Crippen molar-refractivity contribution in [2.24, 2.45) is 5.92 Å². The van der Waals surface area contributed by atoms with Crippen LogP contribution in [0.25, 0.3) is 0 Å². The third kappa shape index (κ3) is 5.83. The summed E-state index contributed by atoms with van der Waals surface area (Å²) < 4.78 is 19.5. The van der Waals surface area contributed by atoms with Gasteiger partial charge in [0.05, 0.1) is 37.6 Å². The predicted octanol–water partition coefficient (Wildman–Crippen LogP) is 2.88. The Hall–Kier alpha value is -4.11. The molecular weight excluding hydrogens is 622 g/mol. The maximum Gasteiger partial charge on any atom is 0.304 e. The van der Waals surface area contributed by atoms with Gasteiger partial charge in [-0.15, -0.1) is 5.10 Å². The third-order valence-electron chi connectivity index (χ3n) is 9.53. The van der Waals surface area contributed by atoms with Crippen molar-refractivity contribution in [2.75, 3.05) is 23.5 Å². The van der Waals surface area contributed by atoms with E-state index in [0.29, 0.717) is 47.8 Å². The number of hydrogen-bond donors (Lipinski definition) is 2. The van der Waals surface area contributed by atoms with Gasteiger partial charge in [-0.2, -0.15) is 0 Å². The standard InChI is InChI=1S/C33H41N5O8Si/c1-20-31(47(4,5)43)28(11-13-36-19-23(12-14-39)34-35-36)46-33(20)26-16-25(44-3)9-10-27(26)37(32(33)42)18-22-7-6-8-24(15-22)38-29(41)17-30(38)45-21(2)40/h6-10,15-16,19-20,28,30-31,39,43H,11-14,17-18H2,1-5H3/t20-,28+,30?,31-,33+/m1/s1. The molecule has 47 heavy (non-hydrogen) atoms. The number of carbonyl (C=O) groups is 3. The zero-order chi connectivity index (χ0) is 33.7. The molecule has 0 aliphatic carbocycles. The first kappa shape index (κ1) is 32.8. The van der Waals surface area contributed by atoms with E-state index in [1.54, 1.807) is 29.0 Å². The number of hydrogen-bond acceptors (Lipinski definition) is 10. The first-order chi connectivity index (χ1) is 22.4. The first-order valence-corrected chi connectivity index (χ1v) is 18.9. The average Bonchev–Trinajstić information content (AvgIpc) is 3.65. The van der Waals surface area contributed by atoms with Crippen molar-refractivity contribution in [2.45, 2.75) is 82.8 Å². The average molecular weight is 664 g/mol. The van der Waals surface area contributed by atoms with Crippen LogP contribution in [0.5, 0.6) is 5.75 Å². The van der Waals surface area contributed by atoms with Crippen molar-refractivity contribution in [1.29, 1.82) is 0 Å². The lowest BCUT2D eigenvalue weighted by atomic mass is 9.82. The van der Waals surface area contributed by atoms with E-state index in [4.69, 9.17) is 14.2 Å². The van der Waals surface area contributed by atoms with Crippen LogP contribution >= 0.6 is 0 Å². The summed E-state index contributed by atoms with van der Waals surface area (Å²) in [7, 11) is -1.30.